The molecule has 1 nitrogen and oxygen atoms in total. The van der Waals surface area contributed by atoms with E-state index in [-0.39, 0.29) is 6.61 Å². The molecule has 13 heavy (non-hydrogen) atoms. The van der Waals surface area contributed by atoms with Gasteiger partial charge in [0.15, 0.2) is 0 Å². The maximum atomic E-state index is 8.70. The van der Waals surface area contributed by atoms with Gasteiger partial charge in [0.1, 0.15) is 0 Å². The molecular formula is C12H16O. The predicted molar refractivity (Wildman–Crippen MR) is 56.3 cm³/mol. The van der Waals surface area contributed by atoms with Crippen LogP contribution in [0.3, 0.4) is 0 Å². The summed E-state index contributed by atoms with van der Waals surface area (Å²) in [5.74, 6) is 0.449. The Bertz CT molecular complexity index is 251. The molecule has 0 aliphatic rings. The Kier molecular flexibility index (Phi) is 4.27. The normalized spacial score (nSPS) is 13.4. The molecule has 1 unspecified atom stereocenters. The summed E-state index contributed by atoms with van der Waals surface area (Å²) in [7, 11) is 0. The molecular weight excluding hydrogens is 160 g/mol. The first kappa shape index (κ1) is 10.0. The summed E-state index contributed by atoms with van der Waals surface area (Å²) in [6.07, 6.45) is 5.06. The first-order chi connectivity index (χ1) is 6.33. The van der Waals surface area contributed by atoms with Crippen molar-refractivity contribution < 1.29 is 5.11 Å². The lowest BCUT2D eigenvalue weighted by atomic mass is 10.1. The second-order valence-electron chi connectivity index (χ2n) is 3.26. The van der Waals surface area contributed by atoms with Gasteiger partial charge >= 0.3 is 0 Å². The molecule has 1 N–H and O–H groups in total. The summed E-state index contributed by atoms with van der Waals surface area (Å²) in [5.41, 5.74) is 1.22. The van der Waals surface area contributed by atoms with E-state index in [2.05, 4.69) is 31.2 Å². The number of rotatable bonds is 4. The van der Waals surface area contributed by atoms with Crippen molar-refractivity contribution >= 4 is 6.08 Å². The Hall–Kier alpha value is -1.08. The smallest absolute Gasteiger partial charge is 0.0436 e. The van der Waals surface area contributed by atoms with Crippen molar-refractivity contribution in [3.8, 4) is 0 Å². The van der Waals surface area contributed by atoms with Crippen LogP contribution in [0.5, 0.6) is 0 Å². The number of hydrogen-bond donors (Lipinski definition) is 1. The molecule has 1 atom stereocenters. The first-order valence-electron chi connectivity index (χ1n) is 4.67. The fourth-order valence-corrected chi connectivity index (χ4v) is 1.14. The van der Waals surface area contributed by atoms with E-state index in [9.17, 15) is 0 Å². The molecule has 0 saturated carbocycles. The van der Waals surface area contributed by atoms with Gasteiger partial charge in [0.2, 0.25) is 0 Å². The predicted octanol–water partition coefficient (Wildman–Crippen LogP) is 2.72. The lowest BCUT2D eigenvalue weighted by Gasteiger charge is -2.01. The number of benzene rings is 1. The molecule has 0 aliphatic carbocycles. The molecule has 0 bridgehead atoms. The van der Waals surface area contributed by atoms with Crippen LogP contribution in [0.4, 0.5) is 0 Å². The number of aliphatic hydroxyl groups excluding tert-OH is 1. The minimum Gasteiger partial charge on any atom is -0.396 e. The molecule has 0 heterocycles. The Morgan fingerprint density at radius 1 is 1.31 bits per heavy atom. The van der Waals surface area contributed by atoms with Gasteiger partial charge in [-0.3, -0.25) is 0 Å². The van der Waals surface area contributed by atoms with E-state index in [1.54, 1.807) is 0 Å². The van der Waals surface area contributed by atoms with Crippen molar-refractivity contribution in [3.63, 3.8) is 0 Å². The molecule has 0 radical (unpaired) electrons. The standard InChI is InChI=1S/C12H16O/c1-11(9-10-13)7-8-12-5-3-2-4-6-12/h2-8,11,13H,9-10H2,1H3/b8-7+. The van der Waals surface area contributed by atoms with Gasteiger partial charge in [-0.15, -0.1) is 0 Å². The van der Waals surface area contributed by atoms with E-state index in [4.69, 9.17) is 5.11 Å². The molecule has 1 aromatic carbocycles. The fraction of sp³-hybridized carbons (Fsp3) is 0.333. The van der Waals surface area contributed by atoms with Crippen LogP contribution in [0.1, 0.15) is 18.9 Å². The van der Waals surface area contributed by atoms with E-state index in [1.165, 1.54) is 5.56 Å². The van der Waals surface area contributed by atoms with Gasteiger partial charge in [-0.1, -0.05) is 49.4 Å². The van der Waals surface area contributed by atoms with Crippen molar-refractivity contribution in [2.75, 3.05) is 6.61 Å². The van der Waals surface area contributed by atoms with Gasteiger partial charge in [-0.2, -0.15) is 0 Å². The first-order valence-corrected chi connectivity index (χ1v) is 4.67. The summed E-state index contributed by atoms with van der Waals surface area (Å²) in [6, 6.07) is 10.2. The molecule has 0 aromatic heterocycles. The third-order valence-electron chi connectivity index (χ3n) is 2.00. The van der Waals surface area contributed by atoms with E-state index >= 15 is 0 Å². The molecule has 0 spiro atoms. The Labute approximate surface area is 79.7 Å². The number of hydrogen-bond acceptors (Lipinski definition) is 1. The summed E-state index contributed by atoms with van der Waals surface area (Å²) in [4.78, 5) is 0. The average molecular weight is 176 g/mol. The maximum absolute atomic E-state index is 8.70. The molecule has 70 valence electrons. The van der Waals surface area contributed by atoms with Gasteiger partial charge in [-0.25, -0.2) is 0 Å². The fourth-order valence-electron chi connectivity index (χ4n) is 1.14. The van der Waals surface area contributed by atoms with E-state index in [1.807, 2.05) is 18.2 Å². The second-order valence-corrected chi connectivity index (χ2v) is 3.26. The minimum absolute atomic E-state index is 0.264. The van der Waals surface area contributed by atoms with E-state index in [0.717, 1.165) is 6.42 Å². The van der Waals surface area contributed by atoms with Crippen LogP contribution >= 0.6 is 0 Å². The van der Waals surface area contributed by atoms with Gasteiger partial charge in [-0.05, 0) is 17.9 Å². The Morgan fingerprint density at radius 3 is 2.62 bits per heavy atom. The maximum Gasteiger partial charge on any atom is 0.0436 e. The number of aliphatic hydroxyl groups is 1. The van der Waals surface area contributed by atoms with Crippen LogP contribution in [0.15, 0.2) is 36.4 Å². The largest absolute Gasteiger partial charge is 0.396 e. The summed E-state index contributed by atoms with van der Waals surface area (Å²) >= 11 is 0. The average Bonchev–Trinajstić information content (AvgIpc) is 2.17. The van der Waals surface area contributed by atoms with Crippen LogP contribution in [-0.2, 0) is 0 Å². The second kappa shape index (κ2) is 5.55. The van der Waals surface area contributed by atoms with Crippen molar-refractivity contribution in [2.45, 2.75) is 13.3 Å². The molecule has 1 heteroatoms. The molecule has 0 aliphatic heterocycles. The Balaban J connectivity index is 2.49. The molecule has 0 fully saturated rings. The third kappa shape index (κ3) is 3.90. The summed E-state index contributed by atoms with van der Waals surface area (Å²) in [6.45, 7) is 2.37. The summed E-state index contributed by atoms with van der Waals surface area (Å²) in [5, 5.41) is 8.70. The zero-order valence-corrected chi connectivity index (χ0v) is 7.98. The highest BCUT2D eigenvalue weighted by Gasteiger charge is 1.93. The van der Waals surface area contributed by atoms with E-state index in [0.29, 0.717) is 5.92 Å². The zero-order chi connectivity index (χ0) is 9.52. The van der Waals surface area contributed by atoms with Crippen LogP contribution in [0.25, 0.3) is 6.08 Å². The highest BCUT2D eigenvalue weighted by molar-refractivity contribution is 5.48. The van der Waals surface area contributed by atoms with Crippen molar-refractivity contribution in [1.29, 1.82) is 0 Å². The highest BCUT2D eigenvalue weighted by atomic mass is 16.2. The molecule has 0 saturated heterocycles. The van der Waals surface area contributed by atoms with Crippen LogP contribution in [0, 0.1) is 5.92 Å². The minimum atomic E-state index is 0.264. The monoisotopic (exact) mass is 176 g/mol. The van der Waals surface area contributed by atoms with Gasteiger partial charge in [0, 0.05) is 6.61 Å². The van der Waals surface area contributed by atoms with Crippen molar-refractivity contribution in [2.24, 2.45) is 5.92 Å². The zero-order valence-electron chi connectivity index (χ0n) is 7.98. The SMILES string of the molecule is CC(/C=C/c1ccccc1)CCO. The molecule has 0 amide bonds. The topological polar surface area (TPSA) is 20.2 Å². The Morgan fingerprint density at radius 2 is 2.00 bits per heavy atom. The van der Waals surface area contributed by atoms with Crippen LogP contribution < -0.4 is 0 Å². The van der Waals surface area contributed by atoms with Crippen LogP contribution in [0.2, 0.25) is 0 Å². The van der Waals surface area contributed by atoms with Crippen molar-refractivity contribution in [1.82, 2.24) is 0 Å². The summed E-state index contributed by atoms with van der Waals surface area (Å²) < 4.78 is 0. The van der Waals surface area contributed by atoms with E-state index < -0.39 is 0 Å². The molecule has 1 aromatic rings. The van der Waals surface area contributed by atoms with Gasteiger partial charge in [0.25, 0.3) is 0 Å². The van der Waals surface area contributed by atoms with Gasteiger partial charge < -0.3 is 5.11 Å². The lowest BCUT2D eigenvalue weighted by Crippen LogP contribution is -1.92. The molecule has 1 rings (SSSR count). The third-order valence-corrected chi connectivity index (χ3v) is 2.00. The quantitative estimate of drug-likeness (QED) is 0.747. The lowest BCUT2D eigenvalue weighted by molar-refractivity contribution is 0.274. The van der Waals surface area contributed by atoms with Gasteiger partial charge in [0.05, 0.1) is 0 Å². The van der Waals surface area contributed by atoms with Crippen molar-refractivity contribution in [3.05, 3.63) is 42.0 Å². The number of allylic oxidation sites excluding steroid dienone is 1. The van der Waals surface area contributed by atoms with Crippen LogP contribution in [-0.4, -0.2) is 11.7 Å². The highest BCUT2D eigenvalue weighted by Crippen LogP contribution is 2.07.